The van der Waals surface area contributed by atoms with E-state index in [2.05, 4.69) is 159 Å². The Balaban J connectivity index is 1.60. The molecular formula is C37H44N2OP2. The molecule has 5 heteroatoms. The maximum atomic E-state index is 14.4. The first-order valence-electron chi connectivity index (χ1n) is 15.2. The van der Waals surface area contributed by atoms with Gasteiger partial charge in [-0.15, -0.1) is 0 Å². The Kier molecular flexibility index (Phi) is 10.5. The van der Waals surface area contributed by atoms with Crippen molar-refractivity contribution in [3.05, 3.63) is 121 Å². The predicted molar refractivity (Wildman–Crippen MR) is 184 cm³/mol. The number of carbonyl (C=O) groups excluding carboxylic acids is 1. The van der Waals surface area contributed by atoms with Gasteiger partial charge in [-0.1, -0.05) is 149 Å². The van der Waals surface area contributed by atoms with Gasteiger partial charge < -0.3 is 9.80 Å². The molecule has 2 amide bonds. The molecule has 1 aliphatic heterocycles. The molecule has 2 atom stereocenters. The highest BCUT2D eigenvalue weighted by molar-refractivity contribution is 7.73. The second-order valence-corrected chi connectivity index (χ2v) is 16.6. The van der Waals surface area contributed by atoms with E-state index in [9.17, 15) is 4.79 Å². The fourth-order valence-corrected chi connectivity index (χ4v) is 11.2. The van der Waals surface area contributed by atoms with Crippen LogP contribution >= 0.6 is 15.8 Å². The summed E-state index contributed by atoms with van der Waals surface area (Å²) in [5.74, 6) is 0.807. The number of carbonyl (C=O) groups is 1. The van der Waals surface area contributed by atoms with Crippen molar-refractivity contribution in [2.75, 3.05) is 25.4 Å². The van der Waals surface area contributed by atoms with Crippen LogP contribution in [0.5, 0.6) is 0 Å². The molecule has 1 fully saturated rings. The molecule has 0 radical (unpaired) electrons. The number of hydrogen-bond donors (Lipinski definition) is 0. The lowest BCUT2D eigenvalue weighted by Crippen LogP contribution is -2.45. The van der Waals surface area contributed by atoms with Crippen LogP contribution in [0.25, 0.3) is 0 Å². The zero-order chi connectivity index (χ0) is 29.5. The summed E-state index contributed by atoms with van der Waals surface area (Å²) in [6, 6.07) is 44.4. The van der Waals surface area contributed by atoms with Gasteiger partial charge in [0, 0.05) is 13.1 Å². The molecule has 4 aromatic carbocycles. The highest BCUT2D eigenvalue weighted by Gasteiger charge is 2.47. The van der Waals surface area contributed by atoms with Gasteiger partial charge in [-0.3, -0.25) is 0 Å². The molecule has 0 spiro atoms. The van der Waals surface area contributed by atoms with Crippen LogP contribution in [0.3, 0.4) is 0 Å². The maximum absolute atomic E-state index is 14.4. The van der Waals surface area contributed by atoms with E-state index in [-0.39, 0.29) is 18.1 Å². The Morgan fingerprint density at radius 2 is 0.762 bits per heavy atom. The zero-order valence-electron chi connectivity index (χ0n) is 25.4. The fourth-order valence-electron chi connectivity index (χ4n) is 6.04. The Labute approximate surface area is 255 Å². The molecule has 1 aliphatic rings. The standard InChI is InChI=1S/C37H44N2OP2/c1-29(2)25-38-35(27-41(31-17-9-5-10-18-31)32-19-11-6-12-20-32)36(39(37(38)40)26-30(3)4)28-42(33-21-13-7-14-22-33)34-23-15-8-16-24-34/h5-24,29-30,35-36H,25-28H2,1-4H3/t35-,36-/m1/s1. The van der Waals surface area contributed by atoms with Crippen LogP contribution in [0.1, 0.15) is 27.7 Å². The first-order chi connectivity index (χ1) is 20.4. The lowest BCUT2D eigenvalue weighted by atomic mass is 10.1. The molecule has 5 rings (SSSR count). The number of amides is 2. The van der Waals surface area contributed by atoms with Crippen molar-refractivity contribution in [3.8, 4) is 0 Å². The van der Waals surface area contributed by atoms with E-state index in [0.29, 0.717) is 11.8 Å². The van der Waals surface area contributed by atoms with Crippen molar-refractivity contribution in [2.45, 2.75) is 39.8 Å². The highest BCUT2D eigenvalue weighted by Crippen LogP contribution is 2.43. The van der Waals surface area contributed by atoms with Crippen molar-refractivity contribution in [1.82, 2.24) is 9.80 Å². The molecule has 0 aliphatic carbocycles. The lowest BCUT2D eigenvalue weighted by Gasteiger charge is -2.35. The summed E-state index contributed by atoms with van der Waals surface area (Å²) in [4.78, 5) is 18.9. The van der Waals surface area contributed by atoms with Crippen LogP contribution in [0.4, 0.5) is 4.79 Å². The van der Waals surface area contributed by atoms with E-state index in [1.165, 1.54) is 21.2 Å². The van der Waals surface area contributed by atoms with Crippen molar-refractivity contribution in [2.24, 2.45) is 11.8 Å². The van der Waals surface area contributed by atoms with E-state index in [1.807, 2.05) is 0 Å². The van der Waals surface area contributed by atoms with E-state index >= 15 is 0 Å². The third-order valence-corrected chi connectivity index (χ3v) is 13.0. The molecule has 3 nitrogen and oxygen atoms in total. The van der Waals surface area contributed by atoms with Crippen molar-refractivity contribution < 1.29 is 4.79 Å². The van der Waals surface area contributed by atoms with Gasteiger partial charge >= 0.3 is 6.03 Å². The largest absolute Gasteiger partial charge is 0.320 e. The summed E-state index contributed by atoms with van der Waals surface area (Å²) in [6.45, 7) is 10.5. The molecule has 0 bridgehead atoms. The van der Waals surface area contributed by atoms with Crippen molar-refractivity contribution >= 4 is 43.1 Å². The summed E-state index contributed by atoms with van der Waals surface area (Å²) in [7, 11) is -1.29. The van der Waals surface area contributed by atoms with Gasteiger partial charge in [0.15, 0.2) is 0 Å². The minimum Gasteiger partial charge on any atom is -0.319 e. The van der Waals surface area contributed by atoms with Gasteiger partial charge in [0.05, 0.1) is 12.1 Å². The molecule has 1 saturated heterocycles. The Morgan fingerprint density at radius 1 is 0.500 bits per heavy atom. The minimum atomic E-state index is -0.645. The second kappa shape index (κ2) is 14.5. The normalized spacial score (nSPS) is 17.3. The van der Waals surface area contributed by atoms with Crippen LogP contribution in [0.2, 0.25) is 0 Å². The van der Waals surface area contributed by atoms with Gasteiger partial charge in [-0.05, 0) is 61.2 Å². The summed E-state index contributed by atoms with van der Waals surface area (Å²) in [5.41, 5.74) is 0. The summed E-state index contributed by atoms with van der Waals surface area (Å²) < 4.78 is 0. The first-order valence-corrected chi connectivity index (χ1v) is 18.3. The number of urea groups is 1. The van der Waals surface area contributed by atoms with Crippen molar-refractivity contribution in [3.63, 3.8) is 0 Å². The smallest absolute Gasteiger partial charge is 0.319 e. The highest BCUT2D eigenvalue weighted by atomic mass is 31.1. The van der Waals surface area contributed by atoms with E-state index < -0.39 is 15.8 Å². The summed E-state index contributed by atoms with van der Waals surface area (Å²) >= 11 is 0. The minimum absolute atomic E-state index is 0.141. The van der Waals surface area contributed by atoms with Crippen molar-refractivity contribution in [1.29, 1.82) is 0 Å². The number of nitrogens with zero attached hydrogens (tertiary/aromatic N) is 2. The van der Waals surface area contributed by atoms with Gasteiger partial charge in [-0.2, -0.15) is 0 Å². The summed E-state index contributed by atoms with van der Waals surface area (Å²) in [5, 5.41) is 5.52. The molecule has 1 heterocycles. The molecule has 0 saturated carbocycles. The second-order valence-electron chi connectivity index (χ2n) is 12.1. The number of benzene rings is 4. The predicted octanol–water partition coefficient (Wildman–Crippen LogP) is 7.04. The Hall–Kier alpha value is -2.99. The Morgan fingerprint density at radius 3 is 1.00 bits per heavy atom. The summed E-state index contributed by atoms with van der Waals surface area (Å²) in [6.07, 6.45) is 1.93. The van der Waals surface area contributed by atoms with Crippen LogP contribution < -0.4 is 21.2 Å². The van der Waals surface area contributed by atoms with Gasteiger partial charge in [0.25, 0.3) is 0 Å². The van der Waals surface area contributed by atoms with E-state index in [4.69, 9.17) is 0 Å². The third-order valence-electron chi connectivity index (χ3n) is 7.87. The molecule has 218 valence electrons. The lowest BCUT2D eigenvalue weighted by molar-refractivity contribution is 0.177. The molecular weight excluding hydrogens is 550 g/mol. The Bertz CT molecular complexity index is 1200. The van der Waals surface area contributed by atoms with E-state index in [1.54, 1.807) is 0 Å². The quantitative estimate of drug-likeness (QED) is 0.162. The molecule has 0 aromatic heterocycles. The third kappa shape index (κ3) is 7.31. The molecule has 4 aromatic rings. The van der Waals surface area contributed by atoms with Gasteiger partial charge in [0.1, 0.15) is 0 Å². The molecule has 42 heavy (non-hydrogen) atoms. The van der Waals surface area contributed by atoms with Gasteiger partial charge in [0.2, 0.25) is 0 Å². The van der Waals surface area contributed by atoms with Crippen LogP contribution in [-0.4, -0.2) is 53.3 Å². The zero-order valence-corrected chi connectivity index (χ0v) is 27.2. The average molecular weight is 595 g/mol. The first kappa shape index (κ1) is 30.5. The van der Waals surface area contributed by atoms with Crippen LogP contribution in [0.15, 0.2) is 121 Å². The number of rotatable bonds is 12. The van der Waals surface area contributed by atoms with Crippen LogP contribution in [-0.2, 0) is 0 Å². The number of hydrogen-bond acceptors (Lipinski definition) is 1. The monoisotopic (exact) mass is 594 g/mol. The van der Waals surface area contributed by atoms with E-state index in [0.717, 1.165) is 25.4 Å². The van der Waals surface area contributed by atoms with Crippen LogP contribution in [0, 0.1) is 11.8 Å². The SMILES string of the molecule is CC(C)CN1C(=O)N(CC(C)C)[C@H](CP(c2ccccc2)c2ccccc2)[C@H]1CP(c1ccccc1)c1ccccc1. The fraction of sp³-hybridized carbons (Fsp3) is 0.324. The maximum Gasteiger partial charge on any atom is 0.320 e. The molecule has 0 unspecified atom stereocenters. The van der Waals surface area contributed by atoms with Gasteiger partial charge in [-0.25, -0.2) is 4.79 Å². The average Bonchev–Trinajstić information content (AvgIpc) is 3.24. The molecule has 0 N–H and O–H groups in total. The topological polar surface area (TPSA) is 23.6 Å².